The summed E-state index contributed by atoms with van der Waals surface area (Å²) in [4.78, 5) is 27.2. The lowest BCUT2D eigenvalue weighted by molar-refractivity contribution is -0.402. The van der Waals surface area contributed by atoms with Crippen LogP contribution in [0.5, 0.6) is 0 Å². The fourth-order valence-corrected chi connectivity index (χ4v) is 3.47. The Bertz CT molecular complexity index is 870. The van der Waals surface area contributed by atoms with Crippen LogP contribution in [0.4, 0.5) is 11.8 Å². The first-order chi connectivity index (χ1) is 11.6. The Labute approximate surface area is 140 Å². The molecule has 9 nitrogen and oxygen atoms in total. The van der Waals surface area contributed by atoms with Crippen LogP contribution in [0.3, 0.4) is 0 Å². The Kier molecular flexibility index (Phi) is 3.41. The van der Waals surface area contributed by atoms with Gasteiger partial charge < -0.3 is 9.73 Å². The van der Waals surface area contributed by atoms with Gasteiger partial charge in [-0.1, -0.05) is 17.8 Å². The molecular weight excluding hydrogens is 334 g/mol. The number of furan rings is 1. The normalized spacial score (nSPS) is 22.4. The van der Waals surface area contributed by atoms with Crippen LogP contribution in [-0.4, -0.2) is 31.7 Å². The van der Waals surface area contributed by atoms with Gasteiger partial charge in [0.2, 0.25) is 11.1 Å². The number of thioether (sulfide) groups is 1. The first-order valence-corrected chi connectivity index (χ1v) is 8.55. The Balaban J connectivity index is 1.87. The molecule has 1 aliphatic carbocycles. The molecule has 0 fully saturated rings. The summed E-state index contributed by atoms with van der Waals surface area (Å²) < 4.78 is 6.96. The van der Waals surface area contributed by atoms with E-state index in [4.69, 9.17) is 4.42 Å². The van der Waals surface area contributed by atoms with Gasteiger partial charge in [0, 0.05) is 12.1 Å². The van der Waals surface area contributed by atoms with E-state index in [1.807, 2.05) is 12.3 Å². The van der Waals surface area contributed by atoms with E-state index in [0.717, 1.165) is 5.70 Å². The summed E-state index contributed by atoms with van der Waals surface area (Å²) in [7, 11) is 0. The first kappa shape index (κ1) is 14.9. The highest BCUT2D eigenvalue weighted by molar-refractivity contribution is 7.98. The molecule has 0 saturated carbocycles. The Morgan fingerprint density at radius 3 is 3.04 bits per heavy atom. The molecule has 4 rings (SSSR count). The Morgan fingerprint density at radius 1 is 1.50 bits per heavy atom. The molecule has 1 N–H and O–H groups in total. The van der Waals surface area contributed by atoms with Gasteiger partial charge in [0.05, 0.1) is 12.0 Å². The quantitative estimate of drug-likeness (QED) is 0.511. The summed E-state index contributed by atoms with van der Waals surface area (Å²) >= 11 is 1.38. The predicted molar refractivity (Wildman–Crippen MR) is 84.7 cm³/mol. The first-order valence-electron chi connectivity index (χ1n) is 7.33. The minimum atomic E-state index is -0.598. The molecular formula is C14H13N5O4S. The molecule has 1 aliphatic heterocycles. The summed E-state index contributed by atoms with van der Waals surface area (Å²) in [5, 5.41) is 19.0. The second kappa shape index (κ2) is 5.48. The highest BCUT2D eigenvalue weighted by atomic mass is 32.2. The zero-order valence-corrected chi connectivity index (χ0v) is 13.4. The highest BCUT2D eigenvalue weighted by Gasteiger charge is 2.43. The number of carbonyl (C=O) groups excluding carboxylic acids is 1. The number of ketones is 1. The van der Waals surface area contributed by atoms with Crippen LogP contribution in [0, 0.1) is 16.0 Å². The van der Waals surface area contributed by atoms with Crippen LogP contribution in [-0.2, 0) is 4.79 Å². The van der Waals surface area contributed by atoms with Crippen molar-refractivity contribution in [2.45, 2.75) is 24.0 Å². The zero-order valence-electron chi connectivity index (χ0n) is 12.6. The van der Waals surface area contributed by atoms with E-state index in [1.165, 1.54) is 23.9 Å². The number of allylic oxidation sites excluding steroid dienone is 2. The SMILES string of the molecule is CSc1nc2n(n1)[C@H](c1ccc([N+](=O)[O-])o1)[C@H]1C(=O)CCC=C1N2. The minimum Gasteiger partial charge on any atom is -0.403 e. The van der Waals surface area contributed by atoms with Gasteiger partial charge >= 0.3 is 5.88 Å². The number of Topliss-reactive ketones (excluding diaryl/α,β-unsaturated/α-hetero) is 1. The van der Waals surface area contributed by atoms with Crippen molar-refractivity contribution in [1.82, 2.24) is 14.8 Å². The molecule has 2 aromatic heterocycles. The van der Waals surface area contributed by atoms with E-state index < -0.39 is 16.9 Å². The molecule has 24 heavy (non-hydrogen) atoms. The molecule has 2 atom stereocenters. The minimum absolute atomic E-state index is 0.0518. The van der Waals surface area contributed by atoms with Crippen molar-refractivity contribution in [3.63, 3.8) is 0 Å². The number of nitro groups is 1. The molecule has 3 heterocycles. The number of nitrogens with zero attached hydrogens (tertiary/aromatic N) is 4. The van der Waals surface area contributed by atoms with E-state index in [-0.39, 0.29) is 11.7 Å². The third-order valence-electron chi connectivity index (χ3n) is 4.15. The van der Waals surface area contributed by atoms with Crippen LogP contribution in [0.25, 0.3) is 0 Å². The number of rotatable bonds is 3. The number of hydrogen-bond acceptors (Lipinski definition) is 8. The van der Waals surface area contributed by atoms with Gasteiger partial charge in [-0.2, -0.15) is 4.98 Å². The fraction of sp³-hybridized carbons (Fsp3) is 0.357. The van der Waals surface area contributed by atoms with Crippen LogP contribution in [0.1, 0.15) is 24.6 Å². The van der Waals surface area contributed by atoms with Crippen LogP contribution < -0.4 is 5.32 Å². The maximum Gasteiger partial charge on any atom is 0.433 e. The molecule has 0 saturated heterocycles. The average Bonchev–Trinajstić information content (AvgIpc) is 3.19. The van der Waals surface area contributed by atoms with E-state index in [0.29, 0.717) is 29.7 Å². The lowest BCUT2D eigenvalue weighted by Gasteiger charge is -2.34. The van der Waals surface area contributed by atoms with Crippen molar-refractivity contribution in [1.29, 1.82) is 0 Å². The van der Waals surface area contributed by atoms with Gasteiger partial charge in [-0.15, -0.1) is 5.10 Å². The van der Waals surface area contributed by atoms with Crippen molar-refractivity contribution in [2.24, 2.45) is 5.92 Å². The molecule has 0 bridgehead atoms. The fourth-order valence-electron chi connectivity index (χ4n) is 3.12. The van der Waals surface area contributed by atoms with Crippen LogP contribution in [0.2, 0.25) is 0 Å². The lowest BCUT2D eigenvalue weighted by atomic mass is 9.83. The van der Waals surface area contributed by atoms with Gasteiger partial charge in [-0.3, -0.25) is 14.9 Å². The second-order valence-corrected chi connectivity index (χ2v) is 6.29. The van der Waals surface area contributed by atoms with Crippen molar-refractivity contribution in [2.75, 3.05) is 11.6 Å². The molecule has 2 aromatic rings. The number of carbonyl (C=O) groups is 1. The molecule has 0 amide bonds. The third kappa shape index (κ3) is 2.21. The molecule has 0 spiro atoms. The largest absolute Gasteiger partial charge is 0.433 e. The number of aromatic nitrogens is 3. The molecule has 10 heteroatoms. The summed E-state index contributed by atoms with van der Waals surface area (Å²) in [5.41, 5.74) is 0.753. The van der Waals surface area contributed by atoms with Gasteiger partial charge in [0.1, 0.15) is 22.5 Å². The zero-order chi connectivity index (χ0) is 16.8. The van der Waals surface area contributed by atoms with Crippen molar-refractivity contribution >= 4 is 29.4 Å². The van der Waals surface area contributed by atoms with Crippen molar-refractivity contribution in [3.8, 4) is 0 Å². The van der Waals surface area contributed by atoms with Crippen LogP contribution >= 0.6 is 11.8 Å². The van der Waals surface area contributed by atoms with Gasteiger partial charge in [-0.25, -0.2) is 4.68 Å². The third-order valence-corrected chi connectivity index (χ3v) is 4.69. The summed E-state index contributed by atoms with van der Waals surface area (Å²) in [5.74, 6) is 0.0159. The smallest absolute Gasteiger partial charge is 0.403 e. The Hall–Kier alpha value is -2.62. The van der Waals surface area contributed by atoms with Gasteiger partial charge in [-0.05, 0) is 18.7 Å². The molecule has 2 aliphatic rings. The van der Waals surface area contributed by atoms with E-state index >= 15 is 0 Å². The van der Waals surface area contributed by atoms with E-state index in [2.05, 4.69) is 15.4 Å². The topological polar surface area (TPSA) is 116 Å². The number of fused-ring (bicyclic) bond motifs is 2. The summed E-state index contributed by atoms with van der Waals surface area (Å²) in [6.45, 7) is 0. The van der Waals surface area contributed by atoms with Crippen LogP contribution in [0.15, 0.2) is 33.5 Å². The average molecular weight is 347 g/mol. The molecule has 124 valence electrons. The molecule has 0 aromatic carbocycles. The second-order valence-electron chi connectivity index (χ2n) is 5.51. The van der Waals surface area contributed by atoms with Gasteiger partial charge in [0.15, 0.2) is 0 Å². The number of anilines is 1. The monoisotopic (exact) mass is 347 g/mol. The highest BCUT2D eigenvalue weighted by Crippen LogP contribution is 2.42. The molecule has 0 radical (unpaired) electrons. The lowest BCUT2D eigenvalue weighted by Crippen LogP contribution is -2.38. The number of nitrogens with one attached hydrogen (secondary N) is 1. The number of hydrogen-bond donors (Lipinski definition) is 1. The molecule has 0 unspecified atom stereocenters. The summed E-state index contributed by atoms with van der Waals surface area (Å²) in [6.07, 6.45) is 4.90. The summed E-state index contributed by atoms with van der Waals surface area (Å²) in [6, 6.07) is 2.24. The maximum absolute atomic E-state index is 12.5. The van der Waals surface area contributed by atoms with Gasteiger partial charge in [0.25, 0.3) is 0 Å². The van der Waals surface area contributed by atoms with E-state index in [9.17, 15) is 14.9 Å². The predicted octanol–water partition coefficient (Wildman–Crippen LogP) is 2.38. The van der Waals surface area contributed by atoms with Crippen molar-refractivity contribution in [3.05, 3.63) is 39.8 Å². The van der Waals surface area contributed by atoms with Crippen molar-refractivity contribution < 1.29 is 14.1 Å². The maximum atomic E-state index is 12.5. The Morgan fingerprint density at radius 2 is 2.33 bits per heavy atom. The standard InChI is InChI=1S/C14H13N5O4S/c1-24-14-16-13-15-7-3-2-4-8(20)11(7)12(18(13)17-14)9-5-6-10(23-9)19(21)22/h3,5-6,11-12H,2,4H2,1H3,(H,15,16,17)/t11-,12-/m1/s1. The van der Waals surface area contributed by atoms with E-state index in [1.54, 1.807) is 4.68 Å².